The Bertz CT molecular complexity index is 502. The lowest BCUT2D eigenvalue weighted by atomic mass is 10.2. The highest BCUT2D eigenvalue weighted by molar-refractivity contribution is 5.87. The predicted molar refractivity (Wildman–Crippen MR) is 66.4 cm³/mol. The van der Waals surface area contributed by atoms with Crippen LogP contribution in [0.15, 0.2) is 18.3 Å². The van der Waals surface area contributed by atoms with Crippen molar-refractivity contribution < 1.29 is 19.5 Å². The molecule has 0 atom stereocenters. The van der Waals surface area contributed by atoms with E-state index in [1.54, 1.807) is 0 Å². The first-order chi connectivity index (χ1) is 8.90. The maximum atomic E-state index is 11.5. The largest absolute Gasteiger partial charge is 0.478 e. The number of carbonyl (C=O) groups excluding carboxylic acids is 2. The molecule has 0 unspecified atom stereocenters. The molecule has 0 aliphatic rings. The Kier molecular flexibility index (Phi) is 4.99. The van der Waals surface area contributed by atoms with Crippen molar-refractivity contribution in [2.45, 2.75) is 13.5 Å². The first-order valence-electron chi connectivity index (χ1n) is 5.56. The highest BCUT2D eigenvalue weighted by atomic mass is 16.4. The van der Waals surface area contributed by atoms with Gasteiger partial charge in [0.15, 0.2) is 0 Å². The van der Waals surface area contributed by atoms with Gasteiger partial charge in [-0.3, -0.25) is 14.6 Å². The molecule has 7 nitrogen and oxygen atoms in total. The molecule has 0 radical (unpaired) electrons. The number of nitrogens with one attached hydrogen (secondary N) is 1. The third kappa shape index (κ3) is 4.74. The monoisotopic (exact) mass is 265 g/mol. The molecule has 0 aliphatic carbocycles. The summed E-state index contributed by atoms with van der Waals surface area (Å²) in [6, 6.07) is 2.76. The lowest BCUT2D eigenvalue weighted by Gasteiger charge is -2.14. The molecular formula is C12H15N3O4. The lowest BCUT2D eigenvalue weighted by molar-refractivity contribution is -0.133. The molecule has 102 valence electrons. The Morgan fingerprint density at radius 1 is 1.42 bits per heavy atom. The molecule has 0 bridgehead atoms. The molecular weight excluding hydrogens is 250 g/mol. The fourth-order valence-electron chi connectivity index (χ4n) is 1.28. The zero-order valence-electron chi connectivity index (χ0n) is 10.7. The smallest absolute Gasteiger partial charge is 0.335 e. The van der Waals surface area contributed by atoms with E-state index >= 15 is 0 Å². The van der Waals surface area contributed by atoms with Crippen molar-refractivity contribution >= 4 is 17.8 Å². The van der Waals surface area contributed by atoms with Gasteiger partial charge in [-0.2, -0.15) is 0 Å². The molecule has 2 amide bonds. The molecule has 0 fully saturated rings. The van der Waals surface area contributed by atoms with E-state index in [-0.39, 0.29) is 30.5 Å². The summed E-state index contributed by atoms with van der Waals surface area (Å²) in [5.74, 6) is -1.59. The number of rotatable bonds is 5. The molecule has 0 spiro atoms. The minimum Gasteiger partial charge on any atom is -0.478 e. The number of carboxylic acid groups (broad SMARTS) is 1. The Balaban J connectivity index is 2.53. The Hall–Kier alpha value is -2.44. The van der Waals surface area contributed by atoms with E-state index in [4.69, 9.17) is 5.11 Å². The Morgan fingerprint density at radius 3 is 2.68 bits per heavy atom. The van der Waals surface area contributed by atoms with Crippen LogP contribution in [0, 0.1) is 0 Å². The van der Waals surface area contributed by atoms with Gasteiger partial charge in [0.1, 0.15) is 0 Å². The summed E-state index contributed by atoms with van der Waals surface area (Å²) in [5.41, 5.74) is 0.554. The minimum absolute atomic E-state index is 0.0477. The number of nitrogens with zero attached hydrogens (tertiary/aromatic N) is 2. The first kappa shape index (κ1) is 14.6. The van der Waals surface area contributed by atoms with Crippen LogP contribution in [0.3, 0.4) is 0 Å². The van der Waals surface area contributed by atoms with Crippen molar-refractivity contribution in [2.24, 2.45) is 0 Å². The molecule has 1 heterocycles. The van der Waals surface area contributed by atoms with E-state index < -0.39 is 5.97 Å². The topological polar surface area (TPSA) is 99.6 Å². The summed E-state index contributed by atoms with van der Waals surface area (Å²) >= 11 is 0. The van der Waals surface area contributed by atoms with Crippen LogP contribution < -0.4 is 5.32 Å². The van der Waals surface area contributed by atoms with E-state index in [1.807, 2.05) is 0 Å². The number of amides is 2. The average Bonchev–Trinajstić information content (AvgIpc) is 2.36. The fourth-order valence-corrected chi connectivity index (χ4v) is 1.28. The first-order valence-corrected chi connectivity index (χ1v) is 5.56. The molecule has 1 aromatic heterocycles. The number of aromatic nitrogens is 1. The van der Waals surface area contributed by atoms with Gasteiger partial charge in [-0.1, -0.05) is 0 Å². The lowest BCUT2D eigenvalue weighted by Crippen LogP contribution is -2.37. The van der Waals surface area contributed by atoms with Gasteiger partial charge < -0.3 is 15.3 Å². The van der Waals surface area contributed by atoms with Gasteiger partial charge in [0.25, 0.3) is 0 Å². The van der Waals surface area contributed by atoms with Crippen molar-refractivity contribution in [1.82, 2.24) is 15.2 Å². The molecule has 0 saturated carbocycles. The van der Waals surface area contributed by atoms with Crippen LogP contribution in [0.4, 0.5) is 0 Å². The zero-order chi connectivity index (χ0) is 14.4. The average molecular weight is 265 g/mol. The summed E-state index contributed by atoms with van der Waals surface area (Å²) in [6.45, 7) is 1.44. The number of hydrogen-bond acceptors (Lipinski definition) is 4. The van der Waals surface area contributed by atoms with Crippen LogP contribution >= 0.6 is 0 Å². The maximum absolute atomic E-state index is 11.5. The summed E-state index contributed by atoms with van der Waals surface area (Å²) in [7, 11) is 1.52. The molecule has 1 rings (SSSR count). The molecule has 2 N–H and O–H groups in total. The van der Waals surface area contributed by atoms with Gasteiger partial charge in [0.05, 0.1) is 24.3 Å². The van der Waals surface area contributed by atoms with Gasteiger partial charge in [-0.05, 0) is 12.1 Å². The van der Waals surface area contributed by atoms with E-state index in [0.29, 0.717) is 5.69 Å². The second kappa shape index (κ2) is 6.48. The van der Waals surface area contributed by atoms with Gasteiger partial charge in [0, 0.05) is 20.2 Å². The number of hydrogen-bond donors (Lipinski definition) is 2. The molecule has 7 heteroatoms. The number of pyridine rings is 1. The second-order valence-electron chi connectivity index (χ2n) is 3.99. The van der Waals surface area contributed by atoms with Crippen LogP contribution in [0.5, 0.6) is 0 Å². The SMILES string of the molecule is CC(=O)N(C)CC(=O)NCc1cc(C(=O)O)ccn1. The summed E-state index contributed by atoms with van der Waals surface area (Å²) < 4.78 is 0. The zero-order valence-corrected chi connectivity index (χ0v) is 10.7. The fraction of sp³-hybridized carbons (Fsp3) is 0.333. The predicted octanol–water partition coefficient (Wildman–Crippen LogP) is -0.126. The number of carboxylic acids is 1. The van der Waals surface area contributed by atoms with E-state index in [9.17, 15) is 14.4 Å². The van der Waals surface area contributed by atoms with Crippen molar-refractivity contribution in [2.75, 3.05) is 13.6 Å². The van der Waals surface area contributed by atoms with Crippen LogP contribution in [-0.2, 0) is 16.1 Å². The van der Waals surface area contributed by atoms with Crippen molar-refractivity contribution in [1.29, 1.82) is 0 Å². The van der Waals surface area contributed by atoms with E-state index in [1.165, 1.54) is 37.2 Å². The molecule has 0 aliphatic heterocycles. The van der Waals surface area contributed by atoms with Gasteiger partial charge in [-0.15, -0.1) is 0 Å². The standard InChI is InChI=1S/C12H15N3O4/c1-8(16)15(2)7-11(17)14-6-10-5-9(12(18)19)3-4-13-10/h3-5H,6-7H2,1-2H3,(H,14,17)(H,18,19). The minimum atomic E-state index is -1.05. The van der Waals surface area contributed by atoms with Crippen LogP contribution in [0.25, 0.3) is 0 Å². The van der Waals surface area contributed by atoms with Crippen LogP contribution in [0.1, 0.15) is 23.0 Å². The highest BCUT2D eigenvalue weighted by Gasteiger charge is 2.09. The van der Waals surface area contributed by atoms with Crippen molar-refractivity contribution in [3.05, 3.63) is 29.6 Å². The van der Waals surface area contributed by atoms with Crippen molar-refractivity contribution in [3.8, 4) is 0 Å². The normalized spacial score (nSPS) is 9.79. The van der Waals surface area contributed by atoms with Crippen LogP contribution in [-0.4, -0.2) is 46.4 Å². The Morgan fingerprint density at radius 2 is 2.11 bits per heavy atom. The summed E-state index contributed by atoms with van der Waals surface area (Å²) in [6.07, 6.45) is 1.37. The van der Waals surface area contributed by atoms with E-state index in [2.05, 4.69) is 10.3 Å². The molecule has 1 aromatic rings. The highest BCUT2D eigenvalue weighted by Crippen LogP contribution is 2.01. The van der Waals surface area contributed by atoms with Gasteiger partial charge in [-0.25, -0.2) is 4.79 Å². The number of aromatic carboxylic acids is 1. The van der Waals surface area contributed by atoms with Crippen molar-refractivity contribution in [3.63, 3.8) is 0 Å². The third-order valence-electron chi connectivity index (χ3n) is 2.45. The van der Waals surface area contributed by atoms with Gasteiger partial charge >= 0.3 is 5.97 Å². The molecule has 0 saturated heterocycles. The quantitative estimate of drug-likeness (QED) is 0.772. The maximum Gasteiger partial charge on any atom is 0.335 e. The summed E-state index contributed by atoms with van der Waals surface area (Å²) in [5, 5.41) is 11.4. The third-order valence-corrected chi connectivity index (χ3v) is 2.45. The summed E-state index contributed by atoms with van der Waals surface area (Å²) in [4.78, 5) is 38.4. The second-order valence-corrected chi connectivity index (χ2v) is 3.99. The van der Waals surface area contributed by atoms with Crippen LogP contribution in [0.2, 0.25) is 0 Å². The molecule has 19 heavy (non-hydrogen) atoms. The molecule has 0 aromatic carbocycles. The van der Waals surface area contributed by atoms with E-state index in [0.717, 1.165) is 0 Å². The number of likely N-dealkylation sites (N-methyl/N-ethyl adjacent to an activating group) is 1. The van der Waals surface area contributed by atoms with Gasteiger partial charge in [0.2, 0.25) is 11.8 Å². The number of carbonyl (C=O) groups is 3. The Labute approximate surface area is 110 Å².